The Morgan fingerprint density at radius 3 is 2.66 bits per heavy atom. The summed E-state index contributed by atoms with van der Waals surface area (Å²) in [4.78, 5) is 17.2. The summed E-state index contributed by atoms with van der Waals surface area (Å²) in [5, 5.41) is 3.96. The third kappa shape index (κ3) is 4.91. The maximum absolute atomic E-state index is 13.9. The standard InChI is InChI=1S/C24H26FN3O4/c1-17-20(16-31-22-9-4-3-8-21(22)25)23(26-32-17)24(29)28-12-10-27(11-13-28)15-18-6-5-7-19(14-18)30-2/h3-9,14H,10-13,15-16H2,1-2H3. The fraction of sp³-hybridized carbons (Fsp3) is 0.333. The molecule has 0 saturated carbocycles. The predicted octanol–water partition coefficient (Wildman–Crippen LogP) is 3.67. The number of aromatic nitrogens is 1. The van der Waals surface area contributed by atoms with Crippen molar-refractivity contribution < 1.29 is 23.2 Å². The van der Waals surface area contributed by atoms with E-state index >= 15 is 0 Å². The number of para-hydroxylation sites is 1. The number of hydrogen-bond acceptors (Lipinski definition) is 6. The van der Waals surface area contributed by atoms with Gasteiger partial charge in [0, 0.05) is 32.7 Å². The lowest BCUT2D eigenvalue weighted by atomic mass is 10.1. The summed E-state index contributed by atoms with van der Waals surface area (Å²) in [6.45, 7) is 5.19. The van der Waals surface area contributed by atoms with Crippen LogP contribution in [0.2, 0.25) is 0 Å². The normalized spacial score (nSPS) is 14.4. The van der Waals surface area contributed by atoms with Gasteiger partial charge in [-0.15, -0.1) is 0 Å². The Morgan fingerprint density at radius 2 is 1.91 bits per heavy atom. The Bertz CT molecular complexity index is 1080. The van der Waals surface area contributed by atoms with Gasteiger partial charge in [-0.1, -0.05) is 29.4 Å². The molecule has 0 bridgehead atoms. The molecule has 1 aromatic heterocycles. The van der Waals surface area contributed by atoms with Crippen molar-refractivity contribution >= 4 is 5.91 Å². The number of piperazine rings is 1. The number of carbonyl (C=O) groups is 1. The Kier molecular flexibility index (Phi) is 6.70. The molecule has 2 aromatic carbocycles. The average molecular weight is 439 g/mol. The summed E-state index contributed by atoms with van der Waals surface area (Å²) in [5.41, 5.74) is 1.93. The number of halogens is 1. The molecule has 8 heteroatoms. The number of nitrogens with zero attached hydrogens (tertiary/aromatic N) is 3. The highest BCUT2D eigenvalue weighted by atomic mass is 19.1. The van der Waals surface area contributed by atoms with Gasteiger partial charge in [-0.2, -0.15) is 0 Å². The number of carbonyl (C=O) groups excluding carboxylic acids is 1. The van der Waals surface area contributed by atoms with Crippen molar-refractivity contribution in [3.05, 3.63) is 76.9 Å². The molecule has 1 saturated heterocycles. The molecule has 0 atom stereocenters. The molecule has 3 aromatic rings. The van der Waals surface area contributed by atoms with Crippen LogP contribution >= 0.6 is 0 Å². The molecular formula is C24H26FN3O4. The molecule has 0 spiro atoms. The van der Waals surface area contributed by atoms with E-state index in [1.807, 2.05) is 18.2 Å². The number of benzene rings is 2. The third-order valence-corrected chi connectivity index (χ3v) is 5.60. The first-order valence-electron chi connectivity index (χ1n) is 10.5. The van der Waals surface area contributed by atoms with Crippen LogP contribution in [0, 0.1) is 12.7 Å². The highest BCUT2D eigenvalue weighted by Crippen LogP contribution is 2.22. The first-order valence-corrected chi connectivity index (χ1v) is 10.5. The fourth-order valence-electron chi connectivity index (χ4n) is 3.73. The molecule has 1 aliphatic heterocycles. The van der Waals surface area contributed by atoms with E-state index < -0.39 is 5.82 Å². The molecule has 0 N–H and O–H groups in total. The van der Waals surface area contributed by atoms with Crippen LogP contribution in [0.5, 0.6) is 11.5 Å². The van der Waals surface area contributed by atoms with Crippen LogP contribution in [0.25, 0.3) is 0 Å². The second-order valence-electron chi connectivity index (χ2n) is 7.70. The van der Waals surface area contributed by atoms with Gasteiger partial charge in [0.2, 0.25) is 0 Å². The lowest BCUT2D eigenvalue weighted by Crippen LogP contribution is -2.48. The molecule has 2 heterocycles. The van der Waals surface area contributed by atoms with Gasteiger partial charge in [0.15, 0.2) is 17.3 Å². The van der Waals surface area contributed by atoms with Crippen molar-refractivity contribution in [2.24, 2.45) is 0 Å². The van der Waals surface area contributed by atoms with E-state index in [0.717, 1.165) is 25.4 Å². The molecule has 1 fully saturated rings. The fourth-order valence-corrected chi connectivity index (χ4v) is 3.73. The zero-order valence-electron chi connectivity index (χ0n) is 18.2. The number of ether oxygens (including phenoxy) is 2. The van der Waals surface area contributed by atoms with Gasteiger partial charge >= 0.3 is 0 Å². The number of aryl methyl sites for hydroxylation is 1. The molecule has 1 aliphatic rings. The van der Waals surface area contributed by atoms with Crippen molar-refractivity contribution in [1.29, 1.82) is 0 Å². The second-order valence-corrected chi connectivity index (χ2v) is 7.70. The molecule has 4 rings (SSSR count). The van der Waals surface area contributed by atoms with Crippen LogP contribution in [-0.2, 0) is 13.2 Å². The van der Waals surface area contributed by atoms with E-state index in [2.05, 4.69) is 16.1 Å². The van der Waals surface area contributed by atoms with E-state index in [4.69, 9.17) is 14.0 Å². The zero-order valence-corrected chi connectivity index (χ0v) is 18.2. The van der Waals surface area contributed by atoms with Gasteiger partial charge in [0.25, 0.3) is 5.91 Å². The molecule has 7 nitrogen and oxygen atoms in total. The van der Waals surface area contributed by atoms with E-state index in [9.17, 15) is 9.18 Å². The maximum atomic E-state index is 13.9. The van der Waals surface area contributed by atoms with Crippen molar-refractivity contribution in [3.8, 4) is 11.5 Å². The Hall–Kier alpha value is -3.39. The Morgan fingerprint density at radius 1 is 1.12 bits per heavy atom. The van der Waals surface area contributed by atoms with Crippen LogP contribution in [0.3, 0.4) is 0 Å². The number of amides is 1. The molecule has 168 valence electrons. The van der Waals surface area contributed by atoms with Crippen LogP contribution < -0.4 is 9.47 Å². The Balaban J connectivity index is 1.36. The second kappa shape index (κ2) is 9.82. The molecule has 0 aliphatic carbocycles. The van der Waals surface area contributed by atoms with Gasteiger partial charge in [-0.05, 0) is 36.8 Å². The van der Waals surface area contributed by atoms with E-state index in [1.165, 1.54) is 11.6 Å². The van der Waals surface area contributed by atoms with Gasteiger partial charge < -0.3 is 18.9 Å². The highest BCUT2D eigenvalue weighted by molar-refractivity contribution is 5.93. The van der Waals surface area contributed by atoms with Crippen LogP contribution in [0.15, 0.2) is 53.1 Å². The average Bonchev–Trinajstić information content (AvgIpc) is 3.19. The lowest BCUT2D eigenvalue weighted by Gasteiger charge is -2.34. The van der Waals surface area contributed by atoms with Crippen LogP contribution in [0.1, 0.15) is 27.4 Å². The monoisotopic (exact) mass is 439 g/mol. The van der Waals surface area contributed by atoms with Crippen molar-refractivity contribution in [2.45, 2.75) is 20.1 Å². The van der Waals surface area contributed by atoms with Gasteiger partial charge in [0.05, 0.1) is 12.7 Å². The smallest absolute Gasteiger partial charge is 0.276 e. The molecule has 0 radical (unpaired) electrons. The van der Waals surface area contributed by atoms with Crippen LogP contribution in [0.4, 0.5) is 4.39 Å². The minimum Gasteiger partial charge on any atom is -0.497 e. The number of methoxy groups -OCH3 is 1. The quantitative estimate of drug-likeness (QED) is 0.560. The first-order chi connectivity index (χ1) is 15.5. The minimum absolute atomic E-state index is 0.00709. The molecular weight excluding hydrogens is 413 g/mol. The van der Waals surface area contributed by atoms with E-state index in [0.29, 0.717) is 24.4 Å². The summed E-state index contributed by atoms with van der Waals surface area (Å²) in [7, 11) is 1.66. The Labute approximate surface area is 186 Å². The summed E-state index contributed by atoms with van der Waals surface area (Å²) >= 11 is 0. The first kappa shape index (κ1) is 21.8. The molecule has 1 amide bonds. The topological polar surface area (TPSA) is 68.0 Å². The summed E-state index contributed by atoms with van der Waals surface area (Å²) < 4.78 is 30.0. The summed E-state index contributed by atoms with van der Waals surface area (Å²) in [6.07, 6.45) is 0. The number of rotatable bonds is 7. The van der Waals surface area contributed by atoms with Crippen molar-refractivity contribution in [1.82, 2.24) is 15.0 Å². The lowest BCUT2D eigenvalue weighted by molar-refractivity contribution is 0.0616. The molecule has 0 unspecified atom stereocenters. The molecule has 32 heavy (non-hydrogen) atoms. The summed E-state index contributed by atoms with van der Waals surface area (Å²) in [5.74, 6) is 0.790. The van der Waals surface area contributed by atoms with Gasteiger partial charge in [-0.3, -0.25) is 9.69 Å². The minimum atomic E-state index is -0.457. The zero-order chi connectivity index (χ0) is 22.5. The van der Waals surface area contributed by atoms with Gasteiger partial charge in [0.1, 0.15) is 18.1 Å². The predicted molar refractivity (Wildman–Crippen MR) is 116 cm³/mol. The third-order valence-electron chi connectivity index (χ3n) is 5.60. The largest absolute Gasteiger partial charge is 0.497 e. The summed E-state index contributed by atoms with van der Waals surface area (Å²) in [6, 6.07) is 14.1. The highest BCUT2D eigenvalue weighted by Gasteiger charge is 2.28. The van der Waals surface area contributed by atoms with Gasteiger partial charge in [-0.25, -0.2) is 4.39 Å². The maximum Gasteiger partial charge on any atom is 0.276 e. The SMILES string of the molecule is COc1cccc(CN2CCN(C(=O)c3noc(C)c3COc3ccccc3F)CC2)c1. The van der Waals surface area contributed by atoms with Crippen molar-refractivity contribution in [3.63, 3.8) is 0 Å². The van der Waals surface area contributed by atoms with Crippen molar-refractivity contribution in [2.75, 3.05) is 33.3 Å². The van der Waals surface area contributed by atoms with E-state index in [-0.39, 0.29) is 24.0 Å². The number of hydrogen-bond donors (Lipinski definition) is 0. The van der Waals surface area contributed by atoms with Crippen LogP contribution in [-0.4, -0.2) is 54.2 Å². The van der Waals surface area contributed by atoms with E-state index in [1.54, 1.807) is 37.1 Å².